The van der Waals surface area contributed by atoms with Crippen LogP contribution in [-0.4, -0.2) is 42.0 Å². The summed E-state index contributed by atoms with van der Waals surface area (Å²) in [6.45, 7) is 6.16. The molecule has 22 heavy (non-hydrogen) atoms. The van der Waals surface area contributed by atoms with Crippen molar-refractivity contribution in [2.75, 3.05) is 20.2 Å². The largest absolute Gasteiger partial charge is 0.465 e. The monoisotopic (exact) mass is 304 g/mol. The third-order valence-corrected chi connectivity index (χ3v) is 3.84. The summed E-state index contributed by atoms with van der Waals surface area (Å²) in [4.78, 5) is 22.8. The zero-order valence-electron chi connectivity index (χ0n) is 13.5. The molecule has 6 heteroatoms. The van der Waals surface area contributed by atoms with Gasteiger partial charge in [-0.25, -0.2) is 9.79 Å². The molecular weight excluding hydrogens is 280 g/mol. The summed E-state index contributed by atoms with van der Waals surface area (Å²) < 4.78 is 4.82. The second-order valence-corrected chi connectivity index (χ2v) is 5.35. The predicted molar refractivity (Wildman–Crippen MR) is 85.8 cm³/mol. The van der Waals surface area contributed by atoms with E-state index in [2.05, 4.69) is 9.98 Å². The van der Waals surface area contributed by atoms with Crippen molar-refractivity contribution in [2.45, 2.75) is 39.2 Å². The molecule has 1 aromatic rings. The predicted octanol–water partition coefficient (Wildman–Crippen LogP) is 1.90. The minimum Gasteiger partial charge on any atom is -0.465 e. The molecule has 2 N–H and O–H groups in total. The molecule has 0 atom stereocenters. The Bertz CT molecular complexity index is 563. The zero-order valence-corrected chi connectivity index (χ0v) is 13.5. The van der Waals surface area contributed by atoms with Crippen LogP contribution >= 0.6 is 0 Å². The molecule has 2 rings (SSSR count). The van der Waals surface area contributed by atoms with E-state index >= 15 is 0 Å². The summed E-state index contributed by atoms with van der Waals surface area (Å²) in [6, 6.07) is 3.60. The lowest BCUT2D eigenvalue weighted by molar-refractivity contribution is 0.0598. The van der Waals surface area contributed by atoms with Crippen molar-refractivity contribution < 1.29 is 9.53 Å². The van der Waals surface area contributed by atoms with Crippen molar-refractivity contribution in [3.05, 3.63) is 29.1 Å². The number of carbonyl (C=O) groups is 1. The first-order valence-corrected chi connectivity index (χ1v) is 7.73. The third kappa shape index (κ3) is 3.75. The summed E-state index contributed by atoms with van der Waals surface area (Å²) >= 11 is 0. The van der Waals surface area contributed by atoms with E-state index in [0.29, 0.717) is 24.0 Å². The highest BCUT2D eigenvalue weighted by molar-refractivity contribution is 5.90. The molecule has 0 aliphatic heterocycles. The smallest absolute Gasteiger partial charge is 0.339 e. The van der Waals surface area contributed by atoms with Crippen LogP contribution in [0.5, 0.6) is 0 Å². The SMILES string of the molecule is CCN(CC)C(N)=NCc1ccc(C(=O)OC)c(C2CC2)n1. The Hall–Kier alpha value is -2.11. The van der Waals surface area contributed by atoms with E-state index in [-0.39, 0.29) is 5.97 Å². The number of ether oxygens (including phenoxy) is 1. The van der Waals surface area contributed by atoms with Crippen LogP contribution in [0.4, 0.5) is 0 Å². The molecule has 1 aromatic heterocycles. The molecule has 1 fully saturated rings. The lowest BCUT2D eigenvalue weighted by Crippen LogP contribution is -2.37. The lowest BCUT2D eigenvalue weighted by Gasteiger charge is -2.19. The number of aliphatic imine (C=N–C) groups is 1. The van der Waals surface area contributed by atoms with Crippen LogP contribution < -0.4 is 5.73 Å². The fourth-order valence-corrected chi connectivity index (χ4v) is 2.37. The molecule has 0 saturated heterocycles. The van der Waals surface area contributed by atoms with Crippen LogP contribution in [0.15, 0.2) is 17.1 Å². The van der Waals surface area contributed by atoms with Gasteiger partial charge < -0.3 is 15.4 Å². The number of esters is 1. The van der Waals surface area contributed by atoms with Crippen LogP contribution in [0.3, 0.4) is 0 Å². The number of nitrogens with zero attached hydrogens (tertiary/aromatic N) is 3. The number of hydrogen-bond donors (Lipinski definition) is 1. The molecule has 1 aliphatic rings. The van der Waals surface area contributed by atoms with Gasteiger partial charge in [-0.05, 0) is 38.8 Å². The Balaban J connectivity index is 2.17. The first-order chi connectivity index (χ1) is 10.6. The van der Waals surface area contributed by atoms with Crippen molar-refractivity contribution in [3.63, 3.8) is 0 Å². The van der Waals surface area contributed by atoms with E-state index in [4.69, 9.17) is 10.5 Å². The first-order valence-electron chi connectivity index (χ1n) is 7.73. The Morgan fingerprint density at radius 1 is 1.41 bits per heavy atom. The Morgan fingerprint density at radius 2 is 2.09 bits per heavy atom. The van der Waals surface area contributed by atoms with E-state index in [1.54, 1.807) is 6.07 Å². The van der Waals surface area contributed by atoms with Gasteiger partial charge in [0.05, 0.1) is 30.6 Å². The number of rotatable bonds is 6. The van der Waals surface area contributed by atoms with Crippen LogP contribution in [-0.2, 0) is 11.3 Å². The van der Waals surface area contributed by atoms with Crippen molar-refractivity contribution in [3.8, 4) is 0 Å². The molecule has 120 valence electrons. The molecule has 6 nitrogen and oxygen atoms in total. The van der Waals surface area contributed by atoms with E-state index in [0.717, 1.165) is 37.3 Å². The summed E-state index contributed by atoms with van der Waals surface area (Å²) in [7, 11) is 1.39. The molecule has 1 heterocycles. The van der Waals surface area contributed by atoms with Gasteiger partial charge in [0.25, 0.3) is 0 Å². The van der Waals surface area contributed by atoms with Crippen LogP contribution in [0.25, 0.3) is 0 Å². The second kappa shape index (κ2) is 7.24. The van der Waals surface area contributed by atoms with Gasteiger partial charge in [-0.1, -0.05) is 0 Å². The quantitative estimate of drug-likeness (QED) is 0.493. The standard InChI is InChI=1S/C16H24N4O2/c1-4-20(5-2)16(17)18-10-12-8-9-13(15(21)22-3)14(19-12)11-6-7-11/h8-9,11H,4-7,10H2,1-3H3,(H2,17,18). The van der Waals surface area contributed by atoms with E-state index < -0.39 is 0 Å². The van der Waals surface area contributed by atoms with Gasteiger partial charge in [-0.3, -0.25) is 4.98 Å². The average molecular weight is 304 g/mol. The highest BCUT2D eigenvalue weighted by Gasteiger charge is 2.30. The van der Waals surface area contributed by atoms with Crippen molar-refractivity contribution in [1.82, 2.24) is 9.88 Å². The fourth-order valence-electron chi connectivity index (χ4n) is 2.37. The third-order valence-electron chi connectivity index (χ3n) is 3.84. The molecule has 0 unspecified atom stereocenters. The Labute approximate surface area is 131 Å². The molecule has 1 aliphatic carbocycles. The maximum Gasteiger partial charge on any atom is 0.339 e. The number of pyridine rings is 1. The topological polar surface area (TPSA) is 80.8 Å². The Morgan fingerprint density at radius 3 is 2.64 bits per heavy atom. The molecular formula is C16H24N4O2. The number of aromatic nitrogens is 1. The van der Waals surface area contributed by atoms with Gasteiger partial charge in [-0.2, -0.15) is 0 Å². The Kier molecular flexibility index (Phi) is 5.35. The summed E-state index contributed by atoms with van der Waals surface area (Å²) in [5, 5.41) is 0. The highest BCUT2D eigenvalue weighted by Crippen LogP contribution is 2.40. The number of hydrogen-bond acceptors (Lipinski definition) is 4. The van der Waals surface area contributed by atoms with Crippen molar-refractivity contribution in [1.29, 1.82) is 0 Å². The molecule has 1 saturated carbocycles. The molecule has 0 bridgehead atoms. The maximum atomic E-state index is 11.8. The molecule has 0 aromatic carbocycles. The minimum atomic E-state index is -0.327. The lowest BCUT2D eigenvalue weighted by atomic mass is 10.1. The zero-order chi connectivity index (χ0) is 16.1. The van der Waals surface area contributed by atoms with Gasteiger partial charge >= 0.3 is 5.97 Å². The van der Waals surface area contributed by atoms with E-state index in [9.17, 15) is 4.79 Å². The molecule has 0 amide bonds. The van der Waals surface area contributed by atoms with Crippen LogP contribution in [0, 0.1) is 0 Å². The van der Waals surface area contributed by atoms with E-state index in [1.165, 1.54) is 7.11 Å². The summed E-state index contributed by atoms with van der Waals surface area (Å²) in [5.74, 6) is 0.571. The first kappa shape index (κ1) is 16.3. The normalized spacial score (nSPS) is 14.8. The van der Waals surface area contributed by atoms with Gasteiger partial charge in [0.1, 0.15) is 0 Å². The molecule has 0 spiro atoms. The number of methoxy groups -OCH3 is 1. The second-order valence-electron chi connectivity index (χ2n) is 5.35. The van der Waals surface area contributed by atoms with Crippen LogP contribution in [0.2, 0.25) is 0 Å². The maximum absolute atomic E-state index is 11.8. The van der Waals surface area contributed by atoms with Gasteiger partial charge in [0, 0.05) is 19.0 Å². The summed E-state index contributed by atoms with van der Waals surface area (Å²) in [5.41, 5.74) is 8.19. The van der Waals surface area contributed by atoms with E-state index in [1.807, 2.05) is 24.8 Å². The number of guanidine groups is 1. The number of nitrogens with two attached hydrogens (primary N) is 1. The highest BCUT2D eigenvalue weighted by atomic mass is 16.5. The van der Waals surface area contributed by atoms with Crippen LogP contribution in [0.1, 0.15) is 54.4 Å². The minimum absolute atomic E-state index is 0.327. The molecule has 0 radical (unpaired) electrons. The summed E-state index contributed by atoms with van der Waals surface area (Å²) in [6.07, 6.45) is 2.15. The van der Waals surface area contributed by atoms with Gasteiger partial charge in [0.2, 0.25) is 0 Å². The van der Waals surface area contributed by atoms with Gasteiger partial charge in [0.15, 0.2) is 5.96 Å². The van der Waals surface area contributed by atoms with Crippen molar-refractivity contribution in [2.24, 2.45) is 10.7 Å². The van der Waals surface area contributed by atoms with Crippen molar-refractivity contribution >= 4 is 11.9 Å². The van der Waals surface area contributed by atoms with Gasteiger partial charge in [-0.15, -0.1) is 0 Å². The fraction of sp³-hybridized carbons (Fsp3) is 0.562. The average Bonchev–Trinajstić information content (AvgIpc) is 3.38. The number of carbonyl (C=O) groups excluding carboxylic acids is 1.